The Morgan fingerprint density at radius 1 is 1.27 bits per heavy atom. The summed E-state index contributed by atoms with van der Waals surface area (Å²) in [4.78, 5) is 23.0. The third kappa shape index (κ3) is 4.22. The topological polar surface area (TPSA) is 68.5 Å². The summed E-state index contributed by atoms with van der Waals surface area (Å²) in [7, 11) is 1.48. The molecule has 1 atom stereocenters. The first kappa shape index (κ1) is 15.8. The SMILES string of the molecule is COc1cc([C@H](Cc2ccc(C)cc2)NC(C)=O)oc(=O)c1. The molecule has 0 aliphatic rings. The predicted molar refractivity (Wildman–Crippen MR) is 83.0 cm³/mol. The lowest BCUT2D eigenvalue weighted by Gasteiger charge is -2.17. The standard InChI is InChI=1S/C17H19NO4/c1-11-4-6-13(7-5-11)8-15(18-12(2)19)16-9-14(21-3)10-17(20)22-16/h4-7,9-10,15H,8H2,1-3H3,(H,18,19)/t15-/m0/s1. The Labute approximate surface area is 128 Å². The number of benzene rings is 1. The zero-order valence-electron chi connectivity index (χ0n) is 12.9. The van der Waals surface area contributed by atoms with Crippen LogP contribution in [-0.4, -0.2) is 13.0 Å². The van der Waals surface area contributed by atoms with Gasteiger partial charge in [0.2, 0.25) is 5.91 Å². The van der Waals surface area contributed by atoms with E-state index in [0.717, 1.165) is 11.1 Å². The quantitative estimate of drug-likeness (QED) is 0.920. The lowest BCUT2D eigenvalue weighted by molar-refractivity contribution is -0.119. The van der Waals surface area contributed by atoms with Crippen LogP contribution in [0.1, 0.15) is 29.9 Å². The molecule has 5 nitrogen and oxygen atoms in total. The maximum atomic E-state index is 11.6. The normalized spacial score (nSPS) is 11.8. The van der Waals surface area contributed by atoms with Gasteiger partial charge in [-0.2, -0.15) is 0 Å². The van der Waals surface area contributed by atoms with Gasteiger partial charge in [0.1, 0.15) is 11.5 Å². The van der Waals surface area contributed by atoms with E-state index in [9.17, 15) is 9.59 Å². The van der Waals surface area contributed by atoms with Crippen LogP contribution in [-0.2, 0) is 11.2 Å². The first-order valence-electron chi connectivity index (χ1n) is 6.99. The Balaban J connectivity index is 2.33. The molecule has 1 aromatic heterocycles. The highest BCUT2D eigenvalue weighted by molar-refractivity contribution is 5.73. The first-order valence-corrected chi connectivity index (χ1v) is 6.99. The summed E-state index contributed by atoms with van der Waals surface area (Å²) in [5.74, 6) is 0.591. The zero-order valence-corrected chi connectivity index (χ0v) is 12.9. The fourth-order valence-electron chi connectivity index (χ4n) is 2.19. The number of nitrogens with one attached hydrogen (secondary N) is 1. The zero-order chi connectivity index (χ0) is 16.1. The monoisotopic (exact) mass is 301 g/mol. The molecule has 1 aromatic carbocycles. The van der Waals surface area contributed by atoms with Crippen molar-refractivity contribution in [3.63, 3.8) is 0 Å². The van der Waals surface area contributed by atoms with Gasteiger partial charge in [-0.1, -0.05) is 29.8 Å². The van der Waals surface area contributed by atoms with Crippen LogP contribution in [0.5, 0.6) is 5.75 Å². The van der Waals surface area contributed by atoms with E-state index in [0.29, 0.717) is 17.9 Å². The summed E-state index contributed by atoms with van der Waals surface area (Å²) in [5, 5.41) is 2.81. The van der Waals surface area contributed by atoms with Gasteiger partial charge in [0.05, 0.1) is 19.2 Å². The number of methoxy groups -OCH3 is 1. The number of carbonyl (C=O) groups is 1. The van der Waals surface area contributed by atoms with Crippen LogP contribution in [0.2, 0.25) is 0 Å². The highest BCUT2D eigenvalue weighted by atomic mass is 16.5. The number of carbonyl (C=O) groups excluding carboxylic acids is 1. The lowest BCUT2D eigenvalue weighted by Crippen LogP contribution is -2.28. The van der Waals surface area contributed by atoms with Gasteiger partial charge in [-0.05, 0) is 18.9 Å². The molecule has 2 rings (SSSR count). The van der Waals surface area contributed by atoms with E-state index in [1.807, 2.05) is 31.2 Å². The molecule has 5 heteroatoms. The van der Waals surface area contributed by atoms with Crippen molar-refractivity contribution in [3.05, 3.63) is 63.7 Å². The summed E-state index contributed by atoms with van der Waals surface area (Å²) in [6.07, 6.45) is 0.524. The van der Waals surface area contributed by atoms with Crippen LogP contribution in [0.25, 0.3) is 0 Å². The molecule has 0 bridgehead atoms. The molecule has 0 saturated heterocycles. The lowest BCUT2D eigenvalue weighted by atomic mass is 10.0. The summed E-state index contributed by atoms with van der Waals surface area (Å²) in [6, 6.07) is 10.4. The molecule has 116 valence electrons. The average molecular weight is 301 g/mol. The number of hydrogen-bond donors (Lipinski definition) is 1. The van der Waals surface area contributed by atoms with Gasteiger partial charge in [-0.15, -0.1) is 0 Å². The van der Waals surface area contributed by atoms with E-state index in [-0.39, 0.29) is 5.91 Å². The predicted octanol–water partition coefficient (Wildman–Crippen LogP) is 2.38. The molecule has 0 aliphatic heterocycles. The molecule has 0 spiro atoms. The fraction of sp³-hybridized carbons (Fsp3) is 0.294. The Bertz CT molecular complexity index is 703. The van der Waals surface area contributed by atoms with Gasteiger partial charge in [0.25, 0.3) is 0 Å². The number of aryl methyl sites for hydroxylation is 1. The van der Waals surface area contributed by atoms with Crippen LogP contribution >= 0.6 is 0 Å². The van der Waals surface area contributed by atoms with Gasteiger partial charge in [0.15, 0.2) is 0 Å². The van der Waals surface area contributed by atoms with Crippen LogP contribution in [0.15, 0.2) is 45.6 Å². The van der Waals surface area contributed by atoms with Crippen LogP contribution in [0.3, 0.4) is 0 Å². The molecular weight excluding hydrogens is 282 g/mol. The second-order valence-electron chi connectivity index (χ2n) is 5.16. The largest absolute Gasteiger partial charge is 0.496 e. The summed E-state index contributed by atoms with van der Waals surface area (Å²) >= 11 is 0. The van der Waals surface area contributed by atoms with E-state index in [4.69, 9.17) is 9.15 Å². The minimum Gasteiger partial charge on any atom is -0.496 e. The summed E-state index contributed by atoms with van der Waals surface area (Å²) in [6.45, 7) is 3.44. The summed E-state index contributed by atoms with van der Waals surface area (Å²) in [5.41, 5.74) is 1.69. The molecule has 0 radical (unpaired) electrons. The minimum atomic E-state index is -0.506. The fourth-order valence-corrected chi connectivity index (χ4v) is 2.19. The molecule has 0 aliphatic carbocycles. The Morgan fingerprint density at radius 3 is 2.55 bits per heavy atom. The van der Waals surface area contributed by atoms with Gasteiger partial charge in [-0.25, -0.2) is 4.79 Å². The van der Waals surface area contributed by atoms with E-state index >= 15 is 0 Å². The van der Waals surface area contributed by atoms with Crippen molar-refractivity contribution in [2.75, 3.05) is 7.11 Å². The Kier molecular flexibility index (Phi) is 4.99. The van der Waals surface area contributed by atoms with Crippen molar-refractivity contribution in [3.8, 4) is 5.75 Å². The smallest absolute Gasteiger partial charge is 0.339 e. The highest BCUT2D eigenvalue weighted by Crippen LogP contribution is 2.21. The molecule has 1 amide bonds. The number of hydrogen-bond acceptors (Lipinski definition) is 4. The van der Waals surface area contributed by atoms with Crippen molar-refractivity contribution < 1.29 is 13.9 Å². The molecule has 0 unspecified atom stereocenters. The molecule has 0 fully saturated rings. The van der Waals surface area contributed by atoms with Gasteiger partial charge >= 0.3 is 5.63 Å². The maximum absolute atomic E-state index is 11.6. The van der Waals surface area contributed by atoms with Crippen molar-refractivity contribution in [2.45, 2.75) is 26.3 Å². The summed E-state index contributed by atoms with van der Waals surface area (Å²) < 4.78 is 10.3. The minimum absolute atomic E-state index is 0.192. The Morgan fingerprint density at radius 2 is 1.95 bits per heavy atom. The van der Waals surface area contributed by atoms with Crippen molar-refractivity contribution in [2.24, 2.45) is 0 Å². The number of amides is 1. The molecule has 0 saturated carbocycles. The molecule has 2 aromatic rings. The van der Waals surface area contributed by atoms with Gasteiger partial charge in [-0.3, -0.25) is 4.79 Å². The van der Waals surface area contributed by atoms with Crippen molar-refractivity contribution in [1.29, 1.82) is 0 Å². The molecule has 22 heavy (non-hydrogen) atoms. The first-order chi connectivity index (χ1) is 10.5. The third-order valence-electron chi connectivity index (χ3n) is 3.28. The van der Waals surface area contributed by atoms with E-state index in [2.05, 4.69) is 5.32 Å². The average Bonchev–Trinajstić information content (AvgIpc) is 2.47. The van der Waals surface area contributed by atoms with E-state index in [1.54, 1.807) is 6.07 Å². The van der Waals surface area contributed by atoms with Crippen molar-refractivity contribution in [1.82, 2.24) is 5.32 Å². The maximum Gasteiger partial charge on any atom is 0.339 e. The van der Waals surface area contributed by atoms with Crippen LogP contribution < -0.4 is 15.7 Å². The number of rotatable bonds is 5. The molecule has 1 N–H and O–H groups in total. The Hall–Kier alpha value is -2.56. The number of ether oxygens (including phenoxy) is 1. The van der Waals surface area contributed by atoms with E-state index in [1.165, 1.54) is 20.1 Å². The van der Waals surface area contributed by atoms with Gasteiger partial charge in [0, 0.05) is 13.0 Å². The van der Waals surface area contributed by atoms with Crippen LogP contribution in [0, 0.1) is 6.92 Å². The molecular formula is C17H19NO4. The highest BCUT2D eigenvalue weighted by Gasteiger charge is 2.18. The second-order valence-corrected chi connectivity index (χ2v) is 5.16. The van der Waals surface area contributed by atoms with Crippen LogP contribution in [0.4, 0.5) is 0 Å². The van der Waals surface area contributed by atoms with E-state index < -0.39 is 11.7 Å². The van der Waals surface area contributed by atoms with Crippen molar-refractivity contribution >= 4 is 5.91 Å². The molecule has 1 heterocycles. The van der Waals surface area contributed by atoms with Gasteiger partial charge < -0.3 is 14.5 Å². The second kappa shape index (κ2) is 6.93. The third-order valence-corrected chi connectivity index (χ3v) is 3.28.